The van der Waals surface area contributed by atoms with E-state index < -0.39 is 0 Å². The zero-order valence-electron chi connectivity index (χ0n) is 17.2. The molecule has 0 unspecified atom stereocenters. The smallest absolute Gasteiger partial charge is 0.259 e. The molecule has 2 aromatic carbocycles. The summed E-state index contributed by atoms with van der Waals surface area (Å²) in [5.74, 6) is 1.05. The third-order valence-electron chi connectivity index (χ3n) is 4.42. The number of anilines is 1. The number of hydrogen-bond donors (Lipinski definition) is 1. The van der Waals surface area contributed by atoms with E-state index >= 15 is 0 Å². The summed E-state index contributed by atoms with van der Waals surface area (Å²) >= 11 is 0. The van der Waals surface area contributed by atoms with Gasteiger partial charge in [0, 0.05) is 26.2 Å². The molecule has 1 N–H and O–H groups in total. The third kappa shape index (κ3) is 6.72. The molecule has 0 radical (unpaired) electrons. The number of ether oxygens (including phenoxy) is 1. The maximum absolute atomic E-state index is 12.7. The highest BCUT2D eigenvalue weighted by atomic mass is 16.5. The van der Waals surface area contributed by atoms with Crippen LogP contribution in [-0.4, -0.2) is 37.4 Å². The number of aryl methyl sites for hydroxylation is 1. The topological polar surface area (TPSA) is 58.6 Å². The minimum atomic E-state index is -0.198. The maximum atomic E-state index is 12.7. The lowest BCUT2D eigenvalue weighted by Crippen LogP contribution is -2.21. The lowest BCUT2D eigenvalue weighted by Gasteiger charge is -2.13. The molecule has 0 aromatic heterocycles. The lowest BCUT2D eigenvalue weighted by molar-refractivity contribution is -0.128. The highest BCUT2D eigenvalue weighted by Crippen LogP contribution is 2.21. The second-order valence-corrected chi connectivity index (χ2v) is 7.47. The molecular formula is C23H30N2O3. The van der Waals surface area contributed by atoms with Gasteiger partial charge in [0.1, 0.15) is 5.75 Å². The Kier molecular flexibility index (Phi) is 8.05. The number of para-hydroxylation sites is 1. The number of hydrogen-bond acceptors (Lipinski definition) is 3. The molecule has 0 fully saturated rings. The fourth-order valence-corrected chi connectivity index (χ4v) is 2.61. The van der Waals surface area contributed by atoms with E-state index in [-0.39, 0.29) is 11.8 Å². The fraction of sp³-hybridized carbons (Fsp3) is 0.391. The molecule has 0 heterocycles. The van der Waals surface area contributed by atoms with Crippen LogP contribution in [0.25, 0.3) is 0 Å². The fourth-order valence-electron chi connectivity index (χ4n) is 2.61. The van der Waals surface area contributed by atoms with Crippen molar-refractivity contribution in [3.05, 3.63) is 59.7 Å². The van der Waals surface area contributed by atoms with Crippen LogP contribution in [0.1, 0.15) is 42.6 Å². The first-order chi connectivity index (χ1) is 13.4. The van der Waals surface area contributed by atoms with Gasteiger partial charge in [-0.05, 0) is 48.6 Å². The predicted octanol–water partition coefficient (Wildman–Crippen LogP) is 4.38. The molecular weight excluding hydrogens is 352 g/mol. The second-order valence-electron chi connectivity index (χ2n) is 7.47. The molecule has 0 atom stereocenters. The van der Waals surface area contributed by atoms with Crippen molar-refractivity contribution < 1.29 is 14.3 Å². The summed E-state index contributed by atoms with van der Waals surface area (Å²) in [7, 11) is 3.51. The number of carbonyl (C=O) groups excluding carboxylic acids is 2. The first kappa shape index (κ1) is 21.5. The van der Waals surface area contributed by atoms with Crippen LogP contribution >= 0.6 is 0 Å². The maximum Gasteiger partial charge on any atom is 0.259 e. The highest BCUT2D eigenvalue weighted by molar-refractivity contribution is 6.06. The molecule has 150 valence electrons. The Labute approximate surface area is 167 Å². The Morgan fingerprint density at radius 1 is 1.04 bits per heavy atom. The Morgan fingerprint density at radius 3 is 2.36 bits per heavy atom. The van der Waals surface area contributed by atoms with Gasteiger partial charge in [0.2, 0.25) is 5.91 Å². The van der Waals surface area contributed by atoms with Crippen molar-refractivity contribution in [1.29, 1.82) is 0 Å². The van der Waals surface area contributed by atoms with Crippen molar-refractivity contribution in [3.63, 3.8) is 0 Å². The molecule has 0 saturated carbocycles. The van der Waals surface area contributed by atoms with E-state index in [0.717, 1.165) is 12.0 Å². The summed E-state index contributed by atoms with van der Waals surface area (Å²) in [6, 6.07) is 14.9. The van der Waals surface area contributed by atoms with E-state index in [1.54, 1.807) is 25.1 Å². The average molecular weight is 383 g/mol. The summed E-state index contributed by atoms with van der Waals surface area (Å²) < 4.78 is 5.80. The van der Waals surface area contributed by atoms with Gasteiger partial charge in [-0.15, -0.1) is 0 Å². The van der Waals surface area contributed by atoms with E-state index in [2.05, 4.69) is 19.2 Å². The predicted molar refractivity (Wildman–Crippen MR) is 113 cm³/mol. The van der Waals surface area contributed by atoms with Crippen LogP contribution in [0.4, 0.5) is 5.69 Å². The zero-order valence-corrected chi connectivity index (χ0v) is 17.2. The van der Waals surface area contributed by atoms with Crippen LogP contribution < -0.4 is 10.1 Å². The summed E-state index contributed by atoms with van der Waals surface area (Å²) in [5.41, 5.74) is 2.29. The molecule has 2 amide bonds. The van der Waals surface area contributed by atoms with E-state index in [9.17, 15) is 9.59 Å². The van der Waals surface area contributed by atoms with Gasteiger partial charge in [-0.1, -0.05) is 38.1 Å². The zero-order chi connectivity index (χ0) is 20.5. The molecule has 0 aliphatic rings. The van der Waals surface area contributed by atoms with E-state index in [4.69, 9.17) is 4.74 Å². The van der Waals surface area contributed by atoms with E-state index in [1.807, 2.05) is 42.5 Å². The van der Waals surface area contributed by atoms with Crippen molar-refractivity contribution in [2.75, 3.05) is 26.0 Å². The van der Waals surface area contributed by atoms with Gasteiger partial charge in [-0.2, -0.15) is 0 Å². The molecule has 0 bridgehead atoms. The summed E-state index contributed by atoms with van der Waals surface area (Å²) in [5, 5.41) is 2.91. The highest BCUT2D eigenvalue weighted by Gasteiger charge is 2.13. The number of carbonyl (C=O) groups is 2. The molecule has 0 spiro atoms. The number of benzene rings is 2. The number of nitrogens with one attached hydrogen (secondary N) is 1. The van der Waals surface area contributed by atoms with Crippen LogP contribution in [-0.2, 0) is 11.2 Å². The SMILES string of the molecule is CC(C)CCOc1ccccc1C(=O)Nc1ccc(CCC(=O)N(C)C)cc1. The summed E-state index contributed by atoms with van der Waals surface area (Å²) in [6.07, 6.45) is 2.09. The lowest BCUT2D eigenvalue weighted by atomic mass is 10.1. The van der Waals surface area contributed by atoms with Crippen LogP contribution in [0.2, 0.25) is 0 Å². The standard InChI is InChI=1S/C23H30N2O3/c1-17(2)15-16-28-21-8-6-5-7-20(21)23(27)24-19-12-9-18(10-13-19)11-14-22(26)25(3)4/h5-10,12-13,17H,11,14-16H2,1-4H3,(H,24,27). The Morgan fingerprint density at radius 2 is 1.71 bits per heavy atom. The van der Waals surface area contributed by atoms with Crippen LogP contribution in [0.5, 0.6) is 5.75 Å². The monoisotopic (exact) mass is 382 g/mol. The van der Waals surface area contributed by atoms with E-state index in [0.29, 0.717) is 42.4 Å². The average Bonchev–Trinajstić information content (AvgIpc) is 2.67. The first-order valence-electron chi connectivity index (χ1n) is 9.69. The quantitative estimate of drug-likeness (QED) is 0.700. The molecule has 5 heteroatoms. The minimum absolute atomic E-state index is 0.103. The molecule has 28 heavy (non-hydrogen) atoms. The van der Waals surface area contributed by atoms with Crippen molar-refractivity contribution in [2.24, 2.45) is 5.92 Å². The normalized spacial score (nSPS) is 10.6. The van der Waals surface area contributed by atoms with Crippen molar-refractivity contribution in [1.82, 2.24) is 4.90 Å². The van der Waals surface area contributed by atoms with Gasteiger partial charge >= 0.3 is 0 Å². The largest absolute Gasteiger partial charge is 0.493 e. The van der Waals surface area contributed by atoms with Crippen molar-refractivity contribution >= 4 is 17.5 Å². The van der Waals surface area contributed by atoms with Gasteiger partial charge in [-0.3, -0.25) is 9.59 Å². The van der Waals surface area contributed by atoms with Crippen LogP contribution in [0.15, 0.2) is 48.5 Å². The third-order valence-corrected chi connectivity index (χ3v) is 4.42. The first-order valence-corrected chi connectivity index (χ1v) is 9.69. The molecule has 0 aliphatic heterocycles. The number of rotatable bonds is 9. The molecule has 0 saturated heterocycles. The Bertz CT molecular complexity index is 783. The Balaban J connectivity index is 1.96. The summed E-state index contributed by atoms with van der Waals surface area (Å²) in [6.45, 7) is 4.87. The number of amides is 2. The van der Waals surface area contributed by atoms with E-state index in [1.165, 1.54) is 0 Å². The van der Waals surface area contributed by atoms with Gasteiger partial charge in [0.05, 0.1) is 12.2 Å². The molecule has 5 nitrogen and oxygen atoms in total. The van der Waals surface area contributed by atoms with Crippen LogP contribution in [0, 0.1) is 5.92 Å². The second kappa shape index (κ2) is 10.5. The molecule has 0 aliphatic carbocycles. The van der Waals surface area contributed by atoms with Crippen molar-refractivity contribution in [3.8, 4) is 5.75 Å². The number of nitrogens with zero attached hydrogens (tertiary/aromatic N) is 1. The van der Waals surface area contributed by atoms with Gasteiger partial charge in [0.15, 0.2) is 0 Å². The van der Waals surface area contributed by atoms with Gasteiger partial charge in [0.25, 0.3) is 5.91 Å². The Hall–Kier alpha value is -2.82. The summed E-state index contributed by atoms with van der Waals surface area (Å²) in [4.78, 5) is 25.9. The molecule has 2 rings (SSSR count). The van der Waals surface area contributed by atoms with Crippen molar-refractivity contribution in [2.45, 2.75) is 33.1 Å². The van der Waals surface area contributed by atoms with Crippen LogP contribution in [0.3, 0.4) is 0 Å². The minimum Gasteiger partial charge on any atom is -0.493 e. The van der Waals surface area contributed by atoms with Gasteiger partial charge < -0.3 is 15.0 Å². The molecule has 2 aromatic rings. The van der Waals surface area contributed by atoms with Gasteiger partial charge in [-0.25, -0.2) is 0 Å².